The van der Waals surface area contributed by atoms with Crippen LogP contribution in [0, 0.1) is 19.8 Å². The minimum absolute atomic E-state index is 0.199. The van der Waals surface area contributed by atoms with Crippen molar-refractivity contribution in [2.24, 2.45) is 5.92 Å². The van der Waals surface area contributed by atoms with Gasteiger partial charge in [0, 0.05) is 18.2 Å². The molecule has 0 saturated heterocycles. The molecule has 0 spiro atoms. The topological polar surface area (TPSA) is 61.4 Å². The number of benzene rings is 1. The second-order valence-corrected chi connectivity index (χ2v) is 5.47. The van der Waals surface area contributed by atoms with Crippen LogP contribution in [-0.2, 0) is 0 Å². The SMILES string of the molecule is Cc1cc(C)cc(NC(=O)NCC2CCCC2O)c1. The highest BCUT2D eigenvalue weighted by molar-refractivity contribution is 5.89. The Labute approximate surface area is 114 Å². The second kappa shape index (κ2) is 6.06. The molecule has 2 atom stereocenters. The Morgan fingerprint density at radius 3 is 2.53 bits per heavy atom. The number of aliphatic hydroxyl groups is 1. The number of anilines is 1. The lowest BCUT2D eigenvalue weighted by atomic mass is 10.1. The number of carbonyl (C=O) groups is 1. The molecule has 4 heteroatoms. The molecular weight excluding hydrogens is 240 g/mol. The largest absolute Gasteiger partial charge is 0.393 e. The molecule has 1 aliphatic carbocycles. The van der Waals surface area contributed by atoms with Gasteiger partial charge in [-0.1, -0.05) is 12.5 Å². The maximum absolute atomic E-state index is 11.8. The fraction of sp³-hybridized carbons (Fsp3) is 0.533. The van der Waals surface area contributed by atoms with Gasteiger partial charge < -0.3 is 15.7 Å². The van der Waals surface area contributed by atoms with Gasteiger partial charge in [0.2, 0.25) is 0 Å². The molecule has 1 aliphatic rings. The third-order valence-corrected chi connectivity index (χ3v) is 3.62. The highest BCUT2D eigenvalue weighted by Gasteiger charge is 2.25. The summed E-state index contributed by atoms with van der Waals surface area (Å²) in [6, 6.07) is 5.75. The van der Waals surface area contributed by atoms with E-state index < -0.39 is 0 Å². The molecule has 1 fully saturated rings. The minimum atomic E-state index is -0.262. The molecule has 0 aromatic heterocycles. The van der Waals surface area contributed by atoms with Crippen molar-refractivity contribution < 1.29 is 9.90 Å². The first kappa shape index (κ1) is 13.9. The number of amides is 2. The first-order valence-electron chi connectivity index (χ1n) is 6.86. The molecule has 4 nitrogen and oxygen atoms in total. The Balaban J connectivity index is 1.83. The van der Waals surface area contributed by atoms with E-state index in [9.17, 15) is 9.90 Å². The van der Waals surface area contributed by atoms with Crippen LogP contribution in [0.1, 0.15) is 30.4 Å². The molecule has 3 N–H and O–H groups in total. The van der Waals surface area contributed by atoms with Gasteiger partial charge in [0.1, 0.15) is 0 Å². The summed E-state index contributed by atoms with van der Waals surface area (Å²) < 4.78 is 0. The van der Waals surface area contributed by atoms with E-state index in [1.54, 1.807) is 0 Å². The van der Waals surface area contributed by atoms with Crippen LogP contribution in [0.3, 0.4) is 0 Å². The van der Waals surface area contributed by atoms with Gasteiger partial charge in [-0.05, 0) is 49.9 Å². The molecule has 0 radical (unpaired) electrons. The first-order chi connectivity index (χ1) is 9.04. The van der Waals surface area contributed by atoms with Crippen LogP contribution < -0.4 is 10.6 Å². The zero-order valence-electron chi connectivity index (χ0n) is 11.6. The normalized spacial score (nSPS) is 22.3. The van der Waals surface area contributed by atoms with Crippen LogP contribution >= 0.6 is 0 Å². The van der Waals surface area contributed by atoms with Crippen molar-refractivity contribution in [1.29, 1.82) is 0 Å². The van der Waals surface area contributed by atoms with Crippen molar-refractivity contribution in [2.75, 3.05) is 11.9 Å². The Kier molecular flexibility index (Phi) is 4.43. The monoisotopic (exact) mass is 262 g/mol. The lowest BCUT2D eigenvalue weighted by molar-refractivity contribution is 0.133. The average molecular weight is 262 g/mol. The number of urea groups is 1. The lowest BCUT2D eigenvalue weighted by Gasteiger charge is -2.15. The van der Waals surface area contributed by atoms with E-state index in [1.165, 1.54) is 0 Å². The molecule has 2 rings (SSSR count). The van der Waals surface area contributed by atoms with Crippen molar-refractivity contribution in [2.45, 2.75) is 39.2 Å². The minimum Gasteiger partial charge on any atom is -0.393 e. The van der Waals surface area contributed by atoms with E-state index in [4.69, 9.17) is 0 Å². The molecule has 104 valence electrons. The van der Waals surface area contributed by atoms with Crippen molar-refractivity contribution in [3.63, 3.8) is 0 Å². The number of hydrogen-bond acceptors (Lipinski definition) is 2. The van der Waals surface area contributed by atoms with Crippen molar-refractivity contribution in [3.8, 4) is 0 Å². The molecule has 0 aliphatic heterocycles. The summed E-state index contributed by atoms with van der Waals surface area (Å²) in [7, 11) is 0. The Morgan fingerprint density at radius 2 is 1.95 bits per heavy atom. The van der Waals surface area contributed by atoms with Crippen LogP contribution in [0.25, 0.3) is 0 Å². The van der Waals surface area contributed by atoms with E-state index in [-0.39, 0.29) is 18.1 Å². The van der Waals surface area contributed by atoms with Crippen LogP contribution in [-0.4, -0.2) is 23.8 Å². The summed E-state index contributed by atoms with van der Waals surface area (Å²) >= 11 is 0. The summed E-state index contributed by atoms with van der Waals surface area (Å²) in [5.41, 5.74) is 3.06. The molecule has 0 heterocycles. The zero-order chi connectivity index (χ0) is 13.8. The van der Waals surface area contributed by atoms with E-state index in [0.29, 0.717) is 6.54 Å². The maximum atomic E-state index is 11.8. The van der Waals surface area contributed by atoms with Gasteiger partial charge in [0.25, 0.3) is 0 Å². The fourth-order valence-corrected chi connectivity index (χ4v) is 2.70. The molecule has 1 aromatic rings. The van der Waals surface area contributed by atoms with Crippen molar-refractivity contribution in [3.05, 3.63) is 29.3 Å². The highest BCUT2D eigenvalue weighted by Crippen LogP contribution is 2.24. The quantitative estimate of drug-likeness (QED) is 0.784. The maximum Gasteiger partial charge on any atom is 0.319 e. The lowest BCUT2D eigenvalue weighted by Crippen LogP contribution is -2.35. The molecule has 1 aromatic carbocycles. The smallest absolute Gasteiger partial charge is 0.319 e. The van der Waals surface area contributed by atoms with E-state index in [0.717, 1.165) is 36.1 Å². The van der Waals surface area contributed by atoms with Gasteiger partial charge in [-0.3, -0.25) is 0 Å². The number of aryl methyl sites for hydroxylation is 2. The van der Waals surface area contributed by atoms with E-state index in [1.807, 2.05) is 26.0 Å². The van der Waals surface area contributed by atoms with Crippen LogP contribution in [0.4, 0.5) is 10.5 Å². The van der Waals surface area contributed by atoms with Gasteiger partial charge in [-0.15, -0.1) is 0 Å². The Morgan fingerprint density at radius 1 is 1.26 bits per heavy atom. The predicted octanol–water partition coefficient (Wildman–Crippen LogP) is 2.59. The number of carbonyl (C=O) groups excluding carboxylic acids is 1. The van der Waals surface area contributed by atoms with Gasteiger partial charge in [-0.25, -0.2) is 4.79 Å². The van der Waals surface area contributed by atoms with Crippen molar-refractivity contribution >= 4 is 11.7 Å². The van der Waals surface area contributed by atoms with E-state index in [2.05, 4.69) is 16.7 Å². The number of aliphatic hydroxyl groups excluding tert-OH is 1. The first-order valence-corrected chi connectivity index (χ1v) is 6.86. The Hall–Kier alpha value is -1.55. The number of rotatable bonds is 3. The number of nitrogens with one attached hydrogen (secondary N) is 2. The summed E-state index contributed by atoms with van der Waals surface area (Å²) in [4.78, 5) is 11.8. The highest BCUT2D eigenvalue weighted by atomic mass is 16.3. The van der Waals surface area contributed by atoms with Gasteiger partial charge in [-0.2, -0.15) is 0 Å². The standard InChI is InChI=1S/C15H22N2O2/c1-10-6-11(2)8-13(7-10)17-15(19)16-9-12-4-3-5-14(12)18/h6-8,12,14,18H,3-5,9H2,1-2H3,(H2,16,17,19). The summed E-state index contributed by atoms with van der Waals surface area (Å²) in [6.07, 6.45) is 2.63. The predicted molar refractivity (Wildman–Crippen MR) is 76.3 cm³/mol. The van der Waals surface area contributed by atoms with E-state index >= 15 is 0 Å². The molecular formula is C15H22N2O2. The Bertz CT molecular complexity index is 439. The van der Waals surface area contributed by atoms with Gasteiger partial charge in [0.05, 0.1) is 6.10 Å². The number of hydrogen-bond donors (Lipinski definition) is 3. The summed E-state index contributed by atoms with van der Waals surface area (Å²) in [5, 5.41) is 15.4. The van der Waals surface area contributed by atoms with Crippen LogP contribution in [0.15, 0.2) is 18.2 Å². The van der Waals surface area contributed by atoms with Crippen LogP contribution in [0.5, 0.6) is 0 Å². The third kappa shape index (κ3) is 3.96. The molecule has 19 heavy (non-hydrogen) atoms. The molecule has 2 amide bonds. The summed E-state index contributed by atoms with van der Waals surface area (Å²) in [5.74, 6) is 0.199. The molecule has 0 bridgehead atoms. The van der Waals surface area contributed by atoms with Gasteiger partial charge >= 0.3 is 6.03 Å². The van der Waals surface area contributed by atoms with Crippen LogP contribution in [0.2, 0.25) is 0 Å². The molecule has 2 unspecified atom stereocenters. The van der Waals surface area contributed by atoms with Crippen molar-refractivity contribution in [1.82, 2.24) is 5.32 Å². The average Bonchev–Trinajstić information content (AvgIpc) is 2.71. The summed E-state index contributed by atoms with van der Waals surface area (Å²) in [6.45, 7) is 4.55. The zero-order valence-corrected chi connectivity index (χ0v) is 11.6. The second-order valence-electron chi connectivity index (χ2n) is 5.47. The molecule has 1 saturated carbocycles. The fourth-order valence-electron chi connectivity index (χ4n) is 2.70. The third-order valence-electron chi connectivity index (χ3n) is 3.62. The van der Waals surface area contributed by atoms with Gasteiger partial charge in [0.15, 0.2) is 0 Å².